The lowest BCUT2D eigenvalue weighted by atomic mass is 9.76. The molecule has 1 aromatic rings. The topological polar surface area (TPSA) is 9.23 Å². The summed E-state index contributed by atoms with van der Waals surface area (Å²) in [4.78, 5) is 0. The lowest BCUT2D eigenvalue weighted by Crippen LogP contribution is -2.22. The summed E-state index contributed by atoms with van der Waals surface area (Å²) in [6.07, 6.45) is 3.86. The van der Waals surface area contributed by atoms with Crippen molar-refractivity contribution in [3.8, 4) is 5.75 Å². The van der Waals surface area contributed by atoms with Gasteiger partial charge in [-0.05, 0) is 54.7 Å². The molecule has 0 aliphatic rings. The van der Waals surface area contributed by atoms with E-state index in [1.54, 1.807) is 13.2 Å². The third-order valence-electron chi connectivity index (χ3n) is 4.92. The lowest BCUT2D eigenvalue weighted by molar-refractivity contribution is 0.357. The molecule has 0 saturated heterocycles. The van der Waals surface area contributed by atoms with Crippen molar-refractivity contribution in [3.63, 3.8) is 0 Å². The first-order chi connectivity index (χ1) is 9.47. The zero-order valence-electron chi connectivity index (χ0n) is 13.8. The van der Waals surface area contributed by atoms with Crippen molar-refractivity contribution in [1.82, 2.24) is 0 Å². The molecule has 1 aromatic carbocycles. The standard InChI is InChI=1S/C18H29FO/c1-7-13(8-2)14-11-15(19)17(16(12-14)20-6)18(5,9-3)10-4/h11-13H,7-10H2,1-6H3. The van der Waals surface area contributed by atoms with Crippen LogP contribution in [0.25, 0.3) is 0 Å². The minimum absolute atomic E-state index is 0.113. The largest absolute Gasteiger partial charge is 0.496 e. The molecule has 0 fully saturated rings. The van der Waals surface area contributed by atoms with Crippen molar-refractivity contribution >= 4 is 0 Å². The van der Waals surface area contributed by atoms with Crippen molar-refractivity contribution in [2.45, 2.75) is 71.6 Å². The van der Waals surface area contributed by atoms with E-state index in [1.165, 1.54) is 0 Å². The van der Waals surface area contributed by atoms with Gasteiger partial charge >= 0.3 is 0 Å². The van der Waals surface area contributed by atoms with Crippen LogP contribution in [0.5, 0.6) is 5.75 Å². The molecule has 0 atom stereocenters. The van der Waals surface area contributed by atoms with Crippen LogP contribution in [-0.4, -0.2) is 7.11 Å². The third-order valence-corrected chi connectivity index (χ3v) is 4.92. The summed E-state index contributed by atoms with van der Waals surface area (Å²) in [6, 6.07) is 3.76. The summed E-state index contributed by atoms with van der Waals surface area (Å²) in [5.41, 5.74) is 1.63. The van der Waals surface area contributed by atoms with Gasteiger partial charge in [0.05, 0.1) is 7.11 Å². The Bertz CT molecular complexity index is 431. The number of halogens is 1. The Morgan fingerprint density at radius 2 is 1.65 bits per heavy atom. The zero-order valence-corrected chi connectivity index (χ0v) is 13.8. The van der Waals surface area contributed by atoms with Crippen LogP contribution in [-0.2, 0) is 5.41 Å². The molecule has 0 aliphatic carbocycles. The second-order valence-corrected chi connectivity index (χ2v) is 5.86. The van der Waals surface area contributed by atoms with Crippen molar-refractivity contribution in [1.29, 1.82) is 0 Å². The summed E-state index contributed by atoms with van der Waals surface area (Å²) >= 11 is 0. The van der Waals surface area contributed by atoms with E-state index in [2.05, 4.69) is 34.6 Å². The molecule has 0 bridgehead atoms. The van der Waals surface area contributed by atoms with Gasteiger partial charge in [0.1, 0.15) is 11.6 Å². The van der Waals surface area contributed by atoms with Crippen LogP contribution in [0.4, 0.5) is 4.39 Å². The van der Waals surface area contributed by atoms with Gasteiger partial charge in [-0.3, -0.25) is 0 Å². The minimum atomic E-state index is -0.165. The monoisotopic (exact) mass is 280 g/mol. The van der Waals surface area contributed by atoms with Gasteiger partial charge in [0.2, 0.25) is 0 Å². The Balaban J connectivity index is 3.42. The van der Waals surface area contributed by atoms with E-state index in [9.17, 15) is 4.39 Å². The van der Waals surface area contributed by atoms with Gasteiger partial charge in [0.15, 0.2) is 0 Å². The van der Waals surface area contributed by atoms with E-state index in [4.69, 9.17) is 4.74 Å². The average molecular weight is 280 g/mol. The normalized spacial score (nSPS) is 12.0. The maximum absolute atomic E-state index is 14.7. The fourth-order valence-corrected chi connectivity index (χ4v) is 2.95. The Morgan fingerprint density at radius 3 is 2.05 bits per heavy atom. The van der Waals surface area contributed by atoms with Crippen molar-refractivity contribution in [2.24, 2.45) is 0 Å². The van der Waals surface area contributed by atoms with E-state index in [1.807, 2.05) is 6.07 Å². The number of benzene rings is 1. The summed E-state index contributed by atoms with van der Waals surface area (Å²) in [5, 5.41) is 0. The molecule has 0 radical (unpaired) electrons. The second kappa shape index (κ2) is 7.10. The second-order valence-electron chi connectivity index (χ2n) is 5.86. The van der Waals surface area contributed by atoms with Gasteiger partial charge in [-0.1, -0.05) is 34.6 Å². The summed E-state index contributed by atoms with van der Waals surface area (Å²) in [5.74, 6) is 0.998. The van der Waals surface area contributed by atoms with E-state index < -0.39 is 0 Å². The number of methoxy groups -OCH3 is 1. The highest BCUT2D eigenvalue weighted by Gasteiger charge is 2.30. The maximum atomic E-state index is 14.7. The molecule has 0 aromatic heterocycles. The molecule has 114 valence electrons. The lowest BCUT2D eigenvalue weighted by Gasteiger charge is -2.30. The van der Waals surface area contributed by atoms with Gasteiger partial charge in [0, 0.05) is 5.56 Å². The quantitative estimate of drug-likeness (QED) is 0.612. The number of ether oxygens (including phenoxy) is 1. The van der Waals surface area contributed by atoms with E-state index >= 15 is 0 Å². The highest BCUT2D eigenvalue weighted by atomic mass is 19.1. The first-order valence-electron chi connectivity index (χ1n) is 7.85. The van der Waals surface area contributed by atoms with E-state index in [0.717, 1.165) is 36.8 Å². The molecule has 0 heterocycles. The van der Waals surface area contributed by atoms with Gasteiger partial charge in [-0.15, -0.1) is 0 Å². The number of hydrogen-bond acceptors (Lipinski definition) is 1. The SMILES string of the molecule is CCC(CC)c1cc(F)c(C(C)(CC)CC)c(OC)c1. The van der Waals surface area contributed by atoms with Crippen LogP contribution < -0.4 is 4.74 Å². The van der Waals surface area contributed by atoms with Gasteiger partial charge < -0.3 is 4.74 Å². The Kier molecular flexibility index (Phi) is 6.04. The Hall–Kier alpha value is -1.05. The summed E-state index contributed by atoms with van der Waals surface area (Å²) in [6.45, 7) is 10.6. The highest BCUT2D eigenvalue weighted by molar-refractivity contribution is 5.44. The predicted molar refractivity (Wildman–Crippen MR) is 84.2 cm³/mol. The molecule has 1 nitrogen and oxygen atoms in total. The van der Waals surface area contributed by atoms with Crippen LogP contribution in [0.15, 0.2) is 12.1 Å². The Morgan fingerprint density at radius 1 is 1.10 bits per heavy atom. The predicted octanol–water partition coefficient (Wildman–Crippen LogP) is 5.82. The summed E-state index contributed by atoms with van der Waals surface area (Å²) in [7, 11) is 1.64. The molecule has 0 amide bonds. The van der Waals surface area contributed by atoms with Crippen molar-refractivity contribution in [2.75, 3.05) is 7.11 Å². The van der Waals surface area contributed by atoms with Crippen LogP contribution in [0.2, 0.25) is 0 Å². The van der Waals surface area contributed by atoms with Crippen LogP contribution >= 0.6 is 0 Å². The molecule has 0 saturated carbocycles. The minimum Gasteiger partial charge on any atom is -0.496 e. The first-order valence-corrected chi connectivity index (χ1v) is 7.85. The fraction of sp³-hybridized carbons (Fsp3) is 0.667. The molecule has 0 aliphatic heterocycles. The van der Waals surface area contributed by atoms with E-state index in [0.29, 0.717) is 11.7 Å². The van der Waals surface area contributed by atoms with Gasteiger partial charge in [0.25, 0.3) is 0 Å². The molecule has 0 N–H and O–H groups in total. The maximum Gasteiger partial charge on any atom is 0.130 e. The smallest absolute Gasteiger partial charge is 0.130 e. The molecule has 20 heavy (non-hydrogen) atoms. The molecular weight excluding hydrogens is 251 g/mol. The van der Waals surface area contributed by atoms with Gasteiger partial charge in [-0.2, -0.15) is 0 Å². The van der Waals surface area contributed by atoms with Crippen LogP contribution in [0.3, 0.4) is 0 Å². The highest BCUT2D eigenvalue weighted by Crippen LogP contribution is 2.41. The Labute approximate surface area is 123 Å². The average Bonchev–Trinajstić information content (AvgIpc) is 2.47. The molecule has 1 rings (SSSR count). The summed E-state index contributed by atoms with van der Waals surface area (Å²) < 4.78 is 20.2. The number of hydrogen-bond donors (Lipinski definition) is 0. The van der Waals surface area contributed by atoms with E-state index in [-0.39, 0.29) is 11.2 Å². The van der Waals surface area contributed by atoms with Gasteiger partial charge in [-0.25, -0.2) is 4.39 Å². The third kappa shape index (κ3) is 3.16. The number of rotatable bonds is 7. The molecular formula is C18H29FO. The van der Waals surface area contributed by atoms with Crippen LogP contribution in [0, 0.1) is 5.82 Å². The fourth-order valence-electron chi connectivity index (χ4n) is 2.95. The molecule has 0 unspecified atom stereocenters. The van der Waals surface area contributed by atoms with Crippen molar-refractivity contribution in [3.05, 3.63) is 29.1 Å². The zero-order chi connectivity index (χ0) is 15.3. The molecule has 0 spiro atoms. The molecule has 2 heteroatoms. The van der Waals surface area contributed by atoms with Crippen LogP contribution in [0.1, 0.15) is 77.3 Å². The van der Waals surface area contributed by atoms with Crippen molar-refractivity contribution < 1.29 is 9.13 Å². The first kappa shape index (κ1) is 17.0.